The van der Waals surface area contributed by atoms with Crippen molar-refractivity contribution in [3.63, 3.8) is 0 Å². The van der Waals surface area contributed by atoms with Gasteiger partial charge >= 0.3 is 0 Å². The van der Waals surface area contributed by atoms with Gasteiger partial charge in [0.05, 0.1) is 4.88 Å². The van der Waals surface area contributed by atoms with Crippen molar-refractivity contribution in [3.8, 4) is 0 Å². The molecule has 0 aliphatic carbocycles. The van der Waals surface area contributed by atoms with E-state index in [0.29, 0.717) is 10.4 Å². The molecule has 2 heterocycles. The molecule has 0 radical (unpaired) electrons. The van der Waals surface area contributed by atoms with E-state index < -0.39 is 0 Å². The molecule has 2 aromatic heterocycles. The van der Waals surface area contributed by atoms with Crippen LogP contribution in [0.15, 0.2) is 39.5 Å². The van der Waals surface area contributed by atoms with E-state index in [4.69, 9.17) is 0 Å². The van der Waals surface area contributed by atoms with Crippen molar-refractivity contribution in [2.45, 2.75) is 0 Å². The molecule has 0 unspecified atom stereocenters. The maximum atomic E-state index is 13.1. The van der Waals surface area contributed by atoms with E-state index in [9.17, 15) is 9.18 Å². The summed E-state index contributed by atoms with van der Waals surface area (Å²) in [7, 11) is 0. The molecule has 0 saturated carbocycles. The van der Waals surface area contributed by atoms with E-state index in [2.05, 4.69) is 15.9 Å². The molecule has 0 atom stereocenters. The first-order chi connectivity index (χ1) is 8.65. The highest BCUT2D eigenvalue weighted by molar-refractivity contribution is 9.10. The zero-order chi connectivity index (χ0) is 12.7. The van der Waals surface area contributed by atoms with Crippen LogP contribution in [0.3, 0.4) is 0 Å². The van der Waals surface area contributed by atoms with Gasteiger partial charge < -0.3 is 0 Å². The average molecular weight is 341 g/mol. The second-order valence-corrected chi connectivity index (χ2v) is 6.44. The molecule has 0 saturated heterocycles. The number of rotatable bonds is 2. The number of carbonyl (C=O) groups is 1. The quantitative estimate of drug-likeness (QED) is 0.593. The van der Waals surface area contributed by atoms with Crippen LogP contribution in [-0.4, -0.2) is 5.78 Å². The van der Waals surface area contributed by atoms with Crippen molar-refractivity contribution < 1.29 is 9.18 Å². The Bertz CT molecular complexity index is 744. The first-order valence-electron chi connectivity index (χ1n) is 5.10. The molecule has 1 aromatic carbocycles. The van der Waals surface area contributed by atoms with Crippen LogP contribution in [0.25, 0.3) is 10.1 Å². The number of benzene rings is 1. The minimum Gasteiger partial charge on any atom is -0.288 e. The van der Waals surface area contributed by atoms with Crippen LogP contribution in [0.2, 0.25) is 0 Å². The van der Waals surface area contributed by atoms with Gasteiger partial charge in [0.2, 0.25) is 5.78 Å². The van der Waals surface area contributed by atoms with Crippen molar-refractivity contribution >= 4 is 54.5 Å². The molecule has 3 rings (SSSR count). The standard InChI is InChI=1S/C13H6BrFOS2/c14-10-6-17-5-9(10)13(16)12-3-7-1-2-8(15)4-11(7)18-12/h1-6H. The lowest BCUT2D eigenvalue weighted by atomic mass is 10.2. The highest BCUT2D eigenvalue weighted by atomic mass is 79.9. The van der Waals surface area contributed by atoms with Crippen LogP contribution in [0.4, 0.5) is 4.39 Å². The topological polar surface area (TPSA) is 17.1 Å². The van der Waals surface area contributed by atoms with Crippen molar-refractivity contribution in [2.75, 3.05) is 0 Å². The highest BCUT2D eigenvalue weighted by Crippen LogP contribution is 2.31. The fourth-order valence-corrected chi connectivity index (χ4v) is 4.19. The fraction of sp³-hybridized carbons (Fsp3) is 0. The van der Waals surface area contributed by atoms with Crippen molar-refractivity contribution in [1.82, 2.24) is 0 Å². The summed E-state index contributed by atoms with van der Waals surface area (Å²) < 4.78 is 14.7. The molecular formula is C13H6BrFOS2. The van der Waals surface area contributed by atoms with Crippen molar-refractivity contribution in [2.24, 2.45) is 0 Å². The predicted octanol–water partition coefficient (Wildman–Crippen LogP) is 5.10. The number of ketones is 1. The van der Waals surface area contributed by atoms with Gasteiger partial charge in [-0.2, -0.15) is 11.3 Å². The molecule has 0 aliphatic heterocycles. The Morgan fingerprint density at radius 2 is 2.06 bits per heavy atom. The Labute approximate surface area is 119 Å². The molecule has 3 aromatic rings. The molecule has 5 heteroatoms. The van der Waals surface area contributed by atoms with Crippen molar-refractivity contribution in [3.05, 3.63) is 55.8 Å². The van der Waals surface area contributed by atoms with Gasteiger partial charge in [0, 0.05) is 25.5 Å². The minimum atomic E-state index is -0.278. The van der Waals surface area contributed by atoms with Crippen LogP contribution in [-0.2, 0) is 0 Å². The van der Waals surface area contributed by atoms with Gasteiger partial charge in [-0.25, -0.2) is 4.39 Å². The lowest BCUT2D eigenvalue weighted by Gasteiger charge is -1.93. The number of hydrogen-bond acceptors (Lipinski definition) is 3. The van der Waals surface area contributed by atoms with Gasteiger partial charge in [-0.15, -0.1) is 11.3 Å². The van der Waals surface area contributed by atoms with E-state index in [1.807, 2.05) is 16.8 Å². The molecule has 0 spiro atoms. The summed E-state index contributed by atoms with van der Waals surface area (Å²) >= 11 is 6.15. The molecule has 0 aliphatic rings. The summed E-state index contributed by atoms with van der Waals surface area (Å²) in [5.74, 6) is -0.301. The first-order valence-corrected chi connectivity index (χ1v) is 7.66. The molecule has 1 nitrogen and oxygen atoms in total. The summed E-state index contributed by atoms with van der Waals surface area (Å²) in [6, 6.07) is 6.37. The number of hydrogen-bond donors (Lipinski definition) is 0. The number of halogens is 2. The van der Waals surface area contributed by atoms with Crippen LogP contribution in [0, 0.1) is 5.82 Å². The molecular weight excluding hydrogens is 335 g/mol. The molecule has 0 amide bonds. The second-order valence-electron chi connectivity index (χ2n) is 3.76. The Balaban J connectivity index is 2.10. The van der Waals surface area contributed by atoms with Crippen LogP contribution in [0.5, 0.6) is 0 Å². The Hall–Kier alpha value is -1.04. The van der Waals surface area contributed by atoms with Gasteiger partial charge in [-0.05, 0) is 39.5 Å². The summed E-state index contributed by atoms with van der Waals surface area (Å²) in [4.78, 5) is 12.9. The van der Waals surface area contributed by atoms with E-state index >= 15 is 0 Å². The third-order valence-corrected chi connectivity index (χ3v) is 5.36. The highest BCUT2D eigenvalue weighted by Gasteiger charge is 2.16. The predicted molar refractivity (Wildman–Crippen MR) is 77.2 cm³/mol. The van der Waals surface area contributed by atoms with Gasteiger partial charge in [0.15, 0.2) is 0 Å². The maximum absolute atomic E-state index is 13.1. The minimum absolute atomic E-state index is 0.0234. The lowest BCUT2D eigenvalue weighted by molar-refractivity contribution is 0.104. The van der Waals surface area contributed by atoms with Crippen LogP contribution in [0.1, 0.15) is 15.2 Å². The van der Waals surface area contributed by atoms with Gasteiger partial charge in [-0.1, -0.05) is 6.07 Å². The zero-order valence-corrected chi connectivity index (χ0v) is 12.2. The summed E-state index contributed by atoms with van der Waals surface area (Å²) in [6.07, 6.45) is 0. The molecule has 0 N–H and O–H groups in total. The third-order valence-electron chi connectivity index (χ3n) is 2.57. The third kappa shape index (κ3) is 2.02. The van der Waals surface area contributed by atoms with Crippen molar-refractivity contribution in [1.29, 1.82) is 0 Å². The Kier molecular flexibility index (Phi) is 3.05. The normalized spacial score (nSPS) is 11.0. The SMILES string of the molecule is O=C(c1cc2ccc(F)cc2s1)c1cscc1Br. The smallest absolute Gasteiger partial charge is 0.204 e. The van der Waals surface area contributed by atoms with E-state index in [1.165, 1.54) is 34.8 Å². The largest absolute Gasteiger partial charge is 0.288 e. The fourth-order valence-electron chi connectivity index (χ4n) is 1.69. The average Bonchev–Trinajstić information content (AvgIpc) is 2.93. The van der Waals surface area contributed by atoms with Crippen LogP contribution < -0.4 is 0 Å². The van der Waals surface area contributed by atoms with Gasteiger partial charge in [0.1, 0.15) is 5.82 Å². The Morgan fingerprint density at radius 1 is 1.22 bits per heavy atom. The second kappa shape index (κ2) is 4.57. The summed E-state index contributed by atoms with van der Waals surface area (Å²) in [5.41, 5.74) is 0.659. The van der Waals surface area contributed by atoms with Gasteiger partial charge in [-0.3, -0.25) is 4.79 Å². The first kappa shape index (κ1) is 12.0. The van der Waals surface area contributed by atoms with E-state index in [-0.39, 0.29) is 11.6 Å². The lowest BCUT2D eigenvalue weighted by Crippen LogP contribution is -1.96. The van der Waals surface area contributed by atoms with E-state index in [0.717, 1.165) is 14.6 Å². The number of carbonyl (C=O) groups excluding carboxylic acids is 1. The molecule has 18 heavy (non-hydrogen) atoms. The zero-order valence-electron chi connectivity index (χ0n) is 8.94. The monoisotopic (exact) mass is 340 g/mol. The summed E-state index contributed by atoms with van der Waals surface area (Å²) in [5, 5.41) is 4.59. The number of fused-ring (bicyclic) bond motifs is 1. The maximum Gasteiger partial charge on any atom is 0.204 e. The van der Waals surface area contributed by atoms with E-state index in [1.54, 1.807) is 6.07 Å². The summed E-state index contributed by atoms with van der Waals surface area (Å²) in [6.45, 7) is 0. The molecule has 0 bridgehead atoms. The Morgan fingerprint density at radius 3 is 2.78 bits per heavy atom. The van der Waals surface area contributed by atoms with Crippen LogP contribution >= 0.6 is 38.6 Å². The van der Waals surface area contributed by atoms with Gasteiger partial charge in [0.25, 0.3) is 0 Å². The molecule has 0 fully saturated rings. The molecule has 90 valence electrons. The number of thiophene rings is 2.